The summed E-state index contributed by atoms with van der Waals surface area (Å²) < 4.78 is 11.2. The normalized spacial score (nSPS) is 20.1. The van der Waals surface area contributed by atoms with Crippen molar-refractivity contribution in [2.45, 2.75) is 45.3 Å². The smallest absolute Gasteiger partial charge is 0.222 e. The van der Waals surface area contributed by atoms with Gasteiger partial charge >= 0.3 is 0 Å². The van der Waals surface area contributed by atoms with E-state index >= 15 is 0 Å². The van der Waals surface area contributed by atoms with Crippen molar-refractivity contribution in [1.29, 1.82) is 0 Å². The van der Waals surface area contributed by atoms with Crippen LogP contribution in [0.25, 0.3) is 0 Å². The Bertz CT molecular complexity index is 500. The highest BCUT2D eigenvalue weighted by Crippen LogP contribution is 2.26. The maximum atomic E-state index is 12.4. The topological polar surface area (TPSA) is 38.8 Å². The number of aryl methyl sites for hydroxylation is 2. The van der Waals surface area contributed by atoms with Gasteiger partial charge in [0.15, 0.2) is 6.29 Å². The molecule has 126 valence electrons. The summed E-state index contributed by atoms with van der Waals surface area (Å²) in [7, 11) is 0. The van der Waals surface area contributed by atoms with Gasteiger partial charge in [0, 0.05) is 25.4 Å². The molecule has 2 fully saturated rings. The zero-order valence-corrected chi connectivity index (χ0v) is 14.0. The monoisotopic (exact) mass is 317 g/mol. The summed E-state index contributed by atoms with van der Waals surface area (Å²) >= 11 is 0. The molecule has 3 rings (SSSR count). The van der Waals surface area contributed by atoms with Crippen LogP contribution in [0.4, 0.5) is 0 Å². The van der Waals surface area contributed by atoms with E-state index in [9.17, 15) is 4.79 Å². The van der Waals surface area contributed by atoms with Crippen LogP contribution in [-0.4, -0.2) is 43.4 Å². The Morgan fingerprint density at radius 3 is 2.30 bits per heavy atom. The number of hydrogen-bond donors (Lipinski definition) is 0. The Morgan fingerprint density at radius 2 is 1.70 bits per heavy atom. The maximum absolute atomic E-state index is 12.4. The fraction of sp³-hybridized carbons (Fsp3) is 0.632. The number of amides is 1. The van der Waals surface area contributed by atoms with Crippen LogP contribution in [0.15, 0.2) is 24.3 Å². The molecule has 0 unspecified atom stereocenters. The first-order valence-corrected chi connectivity index (χ1v) is 8.85. The van der Waals surface area contributed by atoms with Crippen molar-refractivity contribution >= 4 is 5.91 Å². The summed E-state index contributed by atoms with van der Waals surface area (Å²) in [6, 6.07) is 8.61. The van der Waals surface area contributed by atoms with Crippen molar-refractivity contribution in [1.82, 2.24) is 4.90 Å². The average molecular weight is 317 g/mol. The molecule has 0 N–H and O–H groups in total. The highest BCUT2D eigenvalue weighted by molar-refractivity contribution is 5.76. The maximum Gasteiger partial charge on any atom is 0.222 e. The third kappa shape index (κ3) is 4.33. The van der Waals surface area contributed by atoms with Gasteiger partial charge < -0.3 is 14.4 Å². The highest BCUT2D eigenvalue weighted by atomic mass is 16.7. The lowest BCUT2D eigenvalue weighted by atomic mass is 9.95. The summed E-state index contributed by atoms with van der Waals surface area (Å²) in [5, 5.41) is 0. The molecule has 0 radical (unpaired) electrons. The lowest BCUT2D eigenvalue weighted by Gasteiger charge is -2.34. The molecule has 0 aromatic heterocycles. The third-order valence-corrected chi connectivity index (χ3v) is 4.98. The second-order valence-corrected chi connectivity index (χ2v) is 6.50. The summed E-state index contributed by atoms with van der Waals surface area (Å²) in [5.41, 5.74) is 2.59. The Hall–Kier alpha value is -1.39. The van der Waals surface area contributed by atoms with Crippen molar-refractivity contribution in [2.24, 2.45) is 5.92 Å². The van der Waals surface area contributed by atoms with Crippen LogP contribution >= 0.6 is 0 Å². The number of nitrogens with zero attached hydrogens (tertiary/aromatic N) is 1. The van der Waals surface area contributed by atoms with Crippen LogP contribution in [0, 0.1) is 5.92 Å². The van der Waals surface area contributed by atoms with E-state index in [0.717, 1.165) is 38.8 Å². The minimum atomic E-state index is -0.0377. The Labute approximate surface area is 138 Å². The standard InChI is InChI=1S/C19H27NO3/c1-2-15-3-5-16(6-4-15)7-8-18(21)20-11-9-17(10-12-20)19-22-13-14-23-19/h3-6,17,19H,2,7-14H2,1H3. The minimum absolute atomic E-state index is 0.0377. The molecule has 2 saturated heterocycles. The van der Waals surface area contributed by atoms with Crippen LogP contribution < -0.4 is 0 Å². The third-order valence-electron chi connectivity index (χ3n) is 4.98. The summed E-state index contributed by atoms with van der Waals surface area (Å²) in [5.74, 6) is 0.722. The molecule has 1 aromatic rings. The van der Waals surface area contributed by atoms with E-state index in [2.05, 4.69) is 31.2 Å². The second-order valence-electron chi connectivity index (χ2n) is 6.50. The molecule has 4 nitrogen and oxygen atoms in total. The zero-order valence-electron chi connectivity index (χ0n) is 14.0. The molecule has 0 bridgehead atoms. The van der Waals surface area contributed by atoms with Crippen LogP contribution in [0.1, 0.15) is 37.3 Å². The van der Waals surface area contributed by atoms with Crippen LogP contribution in [-0.2, 0) is 27.1 Å². The van der Waals surface area contributed by atoms with Crippen LogP contribution in [0.3, 0.4) is 0 Å². The van der Waals surface area contributed by atoms with Gasteiger partial charge in [-0.2, -0.15) is 0 Å². The van der Waals surface area contributed by atoms with E-state index < -0.39 is 0 Å². The SMILES string of the molecule is CCc1ccc(CCC(=O)N2CCC(C3OCCO3)CC2)cc1. The Balaban J connectivity index is 1.42. The largest absolute Gasteiger partial charge is 0.350 e. The van der Waals surface area contributed by atoms with E-state index in [1.807, 2.05) is 4.90 Å². The van der Waals surface area contributed by atoms with Gasteiger partial charge in [-0.15, -0.1) is 0 Å². The number of ether oxygens (including phenoxy) is 2. The van der Waals surface area contributed by atoms with Gasteiger partial charge in [-0.3, -0.25) is 4.79 Å². The lowest BCUT2D eigenvalue weighted by Crippen LogP contribution is -2.41. The van der Waals surface area contributed by atoms with Crippen molar-refractivity contribution in [3.8, 4) is 0 Å². The summed E-state index contributed by atoms with van der Waals surface area (Å²) in [6.07, 6.45) is 4.43. The van der Waals surface area contributed by atoms with Crippen LogP contribution in [0.5, 0.6) is 0 Å². The molecule has 4 heteroatoms. The predicted octanol–water partition coefficient (Wildman–Crippen LogP) is 2.79. The molecule has 0 atom stereocenters. The number of rotatable bonds is 5. The molecule has 2 heterocycles. The molecule has 2 aliphatic rings. The van der Waals surface area contributed by atoms with E-state index in [-0.39, 0.29) is 12.2 Å². The van der Waals surface area contributed by atoms with Gasteiger partial charge in [0.1, 0.15) is 0 Å². The molecular formula is C19H27NO3. The van der Waals surface area contributed by atoms with Gasteiger partial charge in [0.25, 0.3) is 0 Å². The van der Waals surface area contributed by atoms with Crippen molar-refractivity contribution < 1.29 is 14.3 Å². The van der Waals surface area contributed by atoms with E-state index in [1.165, 1.54) is 11.1 Å². The van der Waals surface area contributed by atoms with Gasteiger partial charge in [0.2, 0.25) is 5.91 Å². The Morgan fingerprint density at radius 1 is 1.09 bits per heavy atom. The summed E-state index contributed by atoms with van der Waals surface area (Å²) in [4.78, 5) is 14.4. The average Bonchev–Trinajstić information content (AvgIpc) is 3.15. The quantitative estimate of drug-likeness (QED) is 0.838. The molecule has 1 aromatic carbocycles. The number of likely N-dealkylation sites (tertiary alicyclic amines) is 1. The van der Waals surface area contributed by atoms with Gasteiger partial charge in [-0.1, -0.05) is 31.2 Å². The fourth-order valence-corrected chi connectivity index (χ4v) is 3.42. The molecule has 2 aliphatic heterocycles. The van der Waals surface area contributed by atoms with Crippen molar-refractivity contribution in [3.63, 3.8) is 0 Å². The molecule has 0 aliphatic carbocycles. The number of carbonyl (C=O) groups excluding carboxylic acids is 1. The predicted molar refractivity (Wildman–Crippen MR) is 89.1 cm³/mol. The number of hydrogen-bond acceptors (Lipinski definition) is 3. The van der Waals surface area contributed by atoms with Gasteiger partial charge in [0.05, 0.1) is 13.2 Å². The minimum Gasteiger partial charge on any atom is -0.350 e. The fourth-order valence-electron chi connectivity index (χ4n) is 3.42. The highest BCUT2D eigenvalue weighted by Gasteiger charge is 2.31. The van der Waals surface area contributed by atoms with Gasteiger partial charge in [-0.25, -0.2) is 0 Å². The van der Waals surface area contributed by atoms with E-state index in [0.29, 0.717) is 25.6 Å². The molecule has 0 spiro atoms. The first kappa shape index (κ1) is 16.5. The first-order chi connectivity index (χ1) is 11.3. The van der Waals surface area contributed by atoms with E-state index in [4.69, 9.17) is 9.47 Å². The van der Waals surface area contributed by atoms with Gasteiger partial charge in [-0.05, 0) is 36.8 Å². The number of piperidine rings is 1. The number of benzene rings is 1. The van der Waals surface area contributed by atoms with Crippen molar-refractivity contribution in [2.75, 3.05) is 26.3 Å². The molecule has 1 amide bonds. The van der Waals surface area contributed by atoms with E-state index in [1.54, 1.807) is 0 Å². The molecule has 0 saturated carbocycles. The molecule has 23 heavy (non-hydrogen) atoms. The lowest BCUT2D eigenvalue weighted by molar-refractivity contribution is -0.136. The number of carbonyl (C=O) groups is 1. The first-order valence-electron chi connectivity index (χ1n) is 8.85. The molecular weight excluding hydrogens is 290 g/mol. The second kappa shape index (κ2) is 7.93. The zero-order chi connectivity index (χ0) is 16.1. The van der Waals surface area contributed by atoms with Crippen LogP contribution in [0.2, 0.25) is 0 Å². The van der Waals surface area contributed by atoms with Crippen molar-refractivity contribution in [3.05, 3.63) is 35.4 Å². The Kier molecular flexibility index (Phi) is 5.68. The summed E-state index contributed by atoms with van der Waals surface area (Å²) in [6.45, 7) is 5.24.